The summed E-state index contributed by atoms with van der Waals surface area (Å²) in [5.41, 5.74) is 2.87. The van der Waals surface area contributed by atoms with Crippen molar-refractivity contribution in [1.82, 2.24) is 9.78 Å². The number of hydrogen-bond donors (Lipinski definition) is 0. The van der Waals surface area contributed by atoms with E-state index < -0.39 is 0 Å². The molecule has 2 nitrogen and oxygen atoms in total. The fraction of sp³-hybridized carbons (Fsp3) is 0.700. The number of halogens is 1. The predicted molar refractivity (Wildman–Crippen MR) is 64.6 cm³/mol. The summed E-state index contributed by atoms with van der Waals surface area (Å²) in [5, 5.41) is 4.55. The van der Waals surface area contributed by atoms with Gasteiger partial charge in [-0.1, -0.05) is 13.8 Å². The lowest BCUT2D eigenvalue weighted by atomic mass is 10.2. The number of fused-ring (bicyclic) bond motifs is 1. The molecular weight excluding hydrogens is 260 g/mol. The Hall–Kier alpha value is 0.0400. The highest BCUT2D eigenvalue weighted by Gasteiger charge is 2.19. The summed E-state index contributed by atoms with van der Waals surface area (Å²) in [6.45, 7) is 5.51. The van der Waals surface area contributed by atoms with Crippen molar-refractivity contribution in [2.45, 2.75) is 32.6 Å². The Bertz CT molecular complexity index is 333. The minimum Gasteiger partial charge on any atom is -0.268 e. The van der Waals surface area contributed by atoms with Crippen LogP contribution in [0.4, 0.5) is 0 Å². The first-order valence-electron chi connectivity index (χ1n) is 5.00. The quantitative estimate of drug-likeness (QED) is 0.825. The van der Waals surface area contributed by atoms with Crippen molar-refractivity contribution in [2.75, 3.05) is 5.75 Å². The fourth-order valence-corrected chi connectivity index (χ4v) is 3.50. The smallest absolute Gasteiger partial charge is 0.132 e. The van der Waals surface area contributed by atoms with E-state index in [0.29, 0.717) is 5.92 Å². The first-order chi connectivity index (χ1) is 6.68. The van der Waals surface area contributed by atoms with Crippen molar-refractivity contribution in [3.8, 4) is 0 Å². The van der Waals surface area contributed by atoms with E-state index in [-0.39, 0.29) is 0 Å². The Kier molecular flexibility index (Phi) is 3.22. The molecule has 2 heterocycles. The summed E-state index contributed by atoms with van der Waals surface area (Å²) in [7, 11) is 0. The Morgan fingerprint density at radius 2 is 2.36 bits per heavy atom. The third-order valence-corrected chi connectivity index (χ3v) is 4.01. The Morgan fingerprint density at radius 1 is 1.57 bits per heavy atom. The third kappa shape index (κ3) is 2.01. The molecule has 1 aromatic heterocycles. The van der Waals surface area contributed by atoms with Crippen LogP contribution in [0, 0.1) is 5.92 Å². The summed E-state index contributed by atoms with van der Waals surface area (Å²) in [5.74, 6) is 3.03. The normalized spacial score (nSPS) is 16.0. The molecule has 0 aromatic carbocycles. The molecule has 0 radical (unpaired) electrons. The number of rotatable bonds is 2. The molecule has 0 unspecified atom stereocenters. The van der Waals surface area contributed by atoms with E-state index >= 15 is 0 Å². The minimum absolute atomic E-state index is 0.667. The van der Waals surface area contributed by atoms with Crippen molar-refractivity contribution in [3.05, 3.63) is 15.9 Å². The van der Waals surface area contributed by atoms with Crippen molar-refractivity contribution < 1.29 is 0 Å². The van der Waals surface area contributed by atoms with Crippen LogP contribution in [0.5, 0.6) is 0 Å². The molecule has 0 spiro atoms. The van der Waals surface area contributed by atoms with Crippen LogP contribution in [0.3, 0.4) is 0 Å². The highest BCUT2D eigenvalue weighted by molar-refractivity contribution is 9.10. The third-order valence-electron chi connectivity index (χ3n) is 2.39. The van der Waals surface area contributed by atoms with Crippen molar-refractivity contribution in [2.24, 2.45) is 5.92 Å². The van der Waals surface area contributed by atoms with Gasteiger partial charge in [0.05, 0.1) is 0 Å². The van der Waals surface area contributed by atoms with E-state index in [4.69, 9.17) is 0 Å². The van der Waals surface area contributed by atoms with Gasteiger partial charge in [-0.3, -0.25) is 4.68 Å². The van der Waals surface area contributed by atoms with Crippen LogP contribution in [0.1, 0.15) is 25.1 Å². The van der Waals surface area contributed by atoms with Gasteiger partial charge in [0.1, 0.15) is 4.60 Å². The van der Waals surface area contributed by atoms with E-state index in [0.717, 1.165) is 16.9 Å². The number of nitrogens with zero attached hydrogens (tertiary/aromatic N) is 2. The Balaban J connectivity index is 2.31. The monoisotopic (exact) mass is 274 g/mol. The van der Waals surface area contributed by atoms with Gasteiger partial charge in [-0.05, 0) is 34.0 Å². The average molecular weight is 275 g/mol. The molecule has 0 amide bonds. The van der Waals surface area contributed by atoms with Crippen LogP contribution in [0.15, 0.2) is 4.60 Å². The zero-order chi connectivity index (χ0) is 10.1. The van der Waals surface area contributed by atoms with Crippen molar-refractivity contribution in [3.63, 3.8) is 0 Å². The number of hydrogen-bond acceptors (Lipinski definition) is 2. The van der Waals surface area contributed by atoms with Crippen LogP contribution >= 0.6 is 27.7 Å². The van der Waals surface area contributed by atoms with E-state index in [1.165, 1.54) is 23.4 Å². The maximum Gasteiger partial charge on any atom is 0.132 e. The lowest BCUT2D eigenvalue weighted by molar-refractivity contribution is 0.468. The zero-order valence-electron chi connectivity index (χ0n) is 8.59. The molecule has 0 aliphatic carbocycles. The molecule has 0 atom stereocenters. The lowest BCUT2D eigenvalue weighted by Gasteiger charge is -2.14. The van der Waals surface area contributed by atoms with Gasteiger partial charge in [0.15, 0.2) is 0 Å². The predicted octanol–water partition coefficient (Wildman–Crippen LogP) is 3.09. The van der Waals surface area contributed by atoms with Gasteiger partial charge in [-0.15, -0.1) is 0 Å². The summed E-state index contributed by atoms with van der Waals surface area (Å²) in [4.78, 5) is 0. The second-order valence-corrected chi connectivity index (χ2v) is 5.95. The molecule has 1 aromatic rings. The maximum atomic E-state index is 4.55. The van der Waals surface area contributed by atoms with Gasteiger partial charge in [-0.25, -0.2) is 0 Å². The summed E-state index contributed by atoms with van der Waals surface area (Å²) >= 11 is 5.55. The van der Waals surface area contributed by atoms with E-state index in [2.05, 4.69) is 39.6 Å². The van der Waals surface area contributed by atoms with Crippen LogP contribution < -0.4 is 0 Å². The number of thioether (sulfide) groups is 1. The highest BCUT2D eigenvalue weighted by atomic mass is 79.9. The molecule has 0 saturated heterocycles. The molecule has 2 rings (SSSR count). The first-order valence-corrected chi connectivity index (χ1v) is 6.95. The molecule has 78 valence electrons. The molecule has 0 saturated carbocycles. The zero-order valence-corrected chi connectivity index (χ0v) is 11.0. The number of aromatic nitrogens is 2. The second kappa shape index (κ2) is 4.27. The fourth-order valence-electron chi connectivity index (χ4n) is 1.76. The first kappa shape index (κ1) is 10.6. The topological polar surface area (TPSA) is 17.8 Å². The van der Waals surface area contributed by atoms with E-state index in [9.17, 15) is 0 Å². The maximum absolute atomic E-state index is 4.55. The highest BCUT2D eigenvalue weighted by Crippen LogP contribution is 2.30. The van der Waals surface area contributed by atoms with Crippen LogP contribution in [0.25, 0.3) is 0 Å². The molecule has 1 aliphatic heterocycles. The Labute approximate surface area is 97.6 Å². The molecule has 0 fully saturated rings. The van der Waals surface area contributed by atoms with Gasteiger partial charge in [-0.2, -0.15) is 16.9 Å². The van der Waals surface area contributed by atoms with Crippen LogP contribution in [0.2, 0.25) is 0 Å². The molecular formula is C10H15BrN2S. The van der Waals surface area contributed by atoms with E-state index in [1.54, 1.807) is 0 Å². The standard InChI is InChI=1S/C10H15BrN2S/c1-7(2)5-13-9-3-4-14-6-8(9)10(11)12-13/h7H,3-6H2,1-2H3. The Morgan fingerprint density at radius 3 is 3.07 bits per heavy atom. The molecule has 0 bridgehead atoms. The van der Waals surface area contributed by atoms with Gasteiger partial charge in [0, 0.05) is 23.6 Å². The lowest BCUT2D eigenvalue weighted by Crippen LogP contribution is -2.12. The van der Waals surface area contributed by atoms with Crippen molar-refractivity contribution in [1.29, 1.82) is 0 Å². The minimum atomic E-state index is 0.667. The molecule has 14 heavy (non-hydrogen) atoms. The van der Waals surface area contributed by atoms with Gasteiger partial charge in [0.2, 0.25) is 0 Å². The van der Waals surface area contributed by atoms with E-state index in [1.807, 2.05) is 11.8 Å². The van der Waals surface area contributed by atoms with Crippen molar-refractivity contribution >= 4 is 27.7 Å². The molecule has 4 heteroatoms. The van der Waals surface area contributed by atoms with Gasteiger partial charge in [0.25, 0.3) is 0 Å². The van der Waals surface area contributed by atoms with Crippen LogP contribution in [-0.2, 0) is 18.7 Å². The summed E-state index contributed by atoms with van der Waals surface area (Å²) in [6, 6.07) is 0. The average Bonchev–Trinajstić information content (AvgIpc) is 2.44. The van der Waals surface area contributed by atoms with Gasteiger partial charge >= 0.3 is 0 Å². The molecule has 1 aliphatic rings. The second-order valence-electron chi connectivity index (χ2n) is 4.09. The van der Waals surface area contributed by atoms with Gasteiger partial charge < -0.3 is 0 Å². The summed E-state index contributed by atoms with van der Waals surface area (Å²) in [6.07, 6.45) is 1.17. The summed E-state index contributed by atoms with van der Waals surface area (Å²) < 4.78 is 3.24. The SMILES string of the molecule is CC(C)Cn1nc(Br)c2c1CCSC2. The molecule has 0 N–H and O–H groups in total. The largest absolute Gasteiger partial charge is 0.268 e. The van der Waals surface area contributed by atoms with Crippen LogP contribution in [-0.4, -0.2) is 15.5 Å².